The van der Waals surface area contributed by atoms with Crippen LogP contribution in [0, 0.1) is 0 Å². The van der Waals surface area contributed by atoms with E-state index in [1.807, 2.05) is 96.9 Å². The predicted octanol–water partition coefficient (Wildman–Crippen LogP) is 5.71. The molecule has 1 fully saturated rings. The summed E-state index contributed by atoms with van der Waals surface area (Å²) >= 11 is 0. The zero-order valence-corrected chi connectivity index (χ0v) is 21.2. The number of hydrogen-bond acceptors (Lipinski definition) is 5. The van der Waals surface area contributed by atoms with Crippen LogP contribution in [0.4, 0.5) is 0 Å². The van der Waals surface area contributed by atoms with Gasteiger partial charge >= 0.3 is 0 Å². The van der Waals surface area contributed by atoms with Crippen molar-refractivity contribution >= 4 is 5.91 Å². The normalized spacial score (nSPS) is 14.9. The van der Waals surface area contributed by atoms with E-state index in [0.29, 0.717) is 36.0 Å². The van der Waals surface area contributed by atoms with Gasteiger partial charge in [-0.3, -0.25) is 4.79 Å². The third kappa shape index (κ3) is 5.67. The predicted molar refractivity (Wildman–Crippen MR) is 142 cm³/mol. The lowest BCUT2D eigenvalue weighted by Gasteiger charge is -2.26. The highest BCUT2D eigenvalue weighted by molar-refractivity contribution is 5.94. The van der Waals surface area contributed by atoms with E-state index in [4.69, 9.17) is 19.3 Å². The van der Waals surface area contributed by atoms with Crippen molar-refractivity contribution in [1.29, 1.82) is 0 Å². The molecule has 0 spiro atoms. The van der Waals surface area contributed by atoms with E-state index in [1.165, 1.54) is 0 Å². The fourth-order valence-electron chi connectivity index (χ4n) is 4.63. The molecular formula is C30H31N3O4. The van der Waals surface area contributed by atoms with E-state index in [0.717, 1.165) is 36.3 Å². The van der Waals surface area contributed by atoms with Crippen molar-refractivity contribution in [3.05, 3.63) is 96.1 Å². The van der Waals surface area contributed by atoms with Crippen LogP contribution >= 0.6 is 0 Å². The van der Waals surface area contributed by atoms with Gasteiger partial charge < -0.3 is 19.1 Å². The summed E-state index contributed by atoms with van der Waals surface area (Å²) in [6.07, 6.45) is 1.95. The smallest absolute Gasteiger partial charge is 0.254 e. The van der Waals surface area contributed by atoms with E-state index >= 15 is 0 Å². The zero-order chi connectivity index (χ0) is 25.6. The van der Waals surface area contributed by atoms with Crippen LogP contribution in [0.1, 0.15) is 28.8 Å². The molecule has 1 aliphatic heterocycles. The first-order valence-electron chi connectivity index (χ1n) is 12.5. The quantitative estimate of drug-likeness (QED) is 0.296. The lowest BCUT2D eigenvalue weighted by atomic mass is 10.1. The minimum Gasteiger partial charge on any atom is -0.497 e. The molecule has 0 unspecified atom stereocenters. The third-order valence-corrected chi connectivity index (χ3v) is 6.50. The van der Waals surface area contributed by atoms with Crippen molar-refractivity contribution in [3.63, 3.8) is 0 Å². The first-order valence-corrected chi connectivity index (χ1v) is 12.5. The number of amides is 1. The van der Waals surface area contributed by atoms with E-state index < -0.39 is 0 Å². The summed E-state index contributed by atoms with van der Waals surface area (Å²) < 4.78 is 19.4. The monoisotopic (exact) mass is 497 g/mol. The Kier molecular flexibility index (Phi) is 7.51. The van der Waals surface area contributed by atoms with Gasteiger partial charge in [-0.1, -0.05) is 54.6 Å². The molecule has 7 nitrogen and oxygen atoms in total. The maximum Gasteiger partial charge on any atom is 0.254 e. The summed E-state index contributed by atoms with van der Waals surface area (Å²) in [6, 6.07) is 26.8. The van der Waals surface area contributed by atoms with Crippen LogP contribution in [0.25, 0.3) is 11.3 Å². The fraction of sp³-hybridized carbons (Fsp3) is 0.267. The molecule has 0 aliphatic carbocycles. The second-order valence-corrected chi connectivity index (χ2v) is 9.09. The molecule has 0 saturated carbocycles. The van der Waals surface area contributed by atoms with Crippen molar-refractivity contribution in [2.75, 3.05) is 20.3 Å². The molecule has 1 atom stereocenters. The van der Waals surface area contributed by atoms with Gasteiger partial charge in [-0.15, -0.1) is 0 Å². The number of carbonyl (C=O) groups excluding carboxylic acids is 1. The molecule has 0 bridgehead atoms. The van der Waals surface area contributed by atoms with Gasteiger partial charge in [0.2, 0.25) is 5.88 Å². The summed E-state index contributed by atoms with van der Waals surface area (Å²) in [6.45, 7) is 1.55. The van der Waals surface area contributed by atoms with Crippen LogP contribution in [0.3, 0.4) is 0 Å². The molecule has 190 valence electrons. The zero-order valence-electron chi connectivity index (χ0n) is 21.2. The van der Waals surface area contributed by atoms with E-state index in [9.17, 15) is 4.79 Å². The Morgan fingerprint density at radius 3 is 2.46 bits per heavy atom. The Bertz CT molecular complexity index is 1330. The van der Waals surface area contributed by atoms with Crippen LogP contribution in [-0.4, -0.2) is 47.0 Å². The molecule has 37 heavy (non-hydrogen) atoms. The molecule has 0 N–H and O–H groups in total. The highest BCUT2D eigenvalue weighted by Crippen LogP contribution is 2.35. The Morgan fingerprint density at radius 2 is 1.76 bits per heavy atom. The number of ether oxygens (including phenoxy) is 3. The first kappa shape index (κ1) is 24.6. The van der Waals surface area contributed by atoms with Gasteiger partial charge in [0, 0.05) is 37.4 Å². The molecule has 7 heteroatoms. The number of rotatable bonds is 9. The average Bonchev–Trinajstić information content (AvgIpc) is 3.57. The third-order valence-electron chi connectivity index (χ3n) is 6.50. The molecule has 2 heterocycles. The summed E-state index contributed by atoms with van der Waals surface area (Å²) in [5, 5.41) is 4.83. The number of hydrogen-bond donors (Lipinski definition) is 0. The number of aryl methyl sites for hydroxylation is 1. The Morgan fingerprint density at radius 1 is 1.03 bits per heavy atom. The summed E-state index contributed by atoms with van der Waals surface area (Å²) in [5.41, 5.74) is 3.21. The highest BCUT2D eigenvalue weighted by Gasteiger charge is 2.28. The topological polar surface area (TPSA) is 65.8 Å². The number of aromatic nitrogens is 2. The minimum atomic E-state index is -0.0497. The van der Waals surface area contributed by atoms with Gasteiger partial charge in [0.1, 0.15) is 17.2 Å². The summed E-state index contributed by atoms with van der Waals surface area (Å²) in [4.78, 5) is 15.6. The average molecular weight is 498 g/mol. The van der Waals surface area contributed by atoms with Crippen LogP contribution in [0.15, 0.2) is 84.9 Å². The summed E-state index contributed by atoms with van der Waals surface area (Å²) in [7, 11) is 3.48. The molecule has 1 amide bonds. The molecule has 4 aromatic rings. The second kappa shape index (κ2) is 11.3. The van der Waals surface area contributed by atoms with E-state index in [-0.39, 0.29) is 12.0 Å². The van der Waals surface area contributed by atoms with Gasteiger partial charge in [-0.25, -0.2) is 4.68 Å². The van der Waals surface area contributed by atoms with Gasteiger partial charge in [0.25, 0.3) is 5.91 Å². The van der Waals surface area contributed by atoms with Crippen molar-refractivity contribution in [1.82, 2.24) is 14.7 Å². The number of methoxy groups -OCH3 is 1. The number of nitrogens with zero attached hydrogens (tertiary/aromatic N) is 3. The molecule has 1 aromatic heterocycles. The Hall–Kier alpha value is -4.10. The lowest BCUT2D eigenvalue weighted by molar-refractivity contribution is 0.0506. The lowest BCUT2D eigenvalue weighted by Crippen LogP contribution is -2.37. The SMILES string of the molecule is COc1cccc(Oc2c(CN(C[C@@H]3CCCO3)C(=O)c3ccccc3)c(-c3ccccc3)nn2C)c1. The van der Waals surface area contributed by atoms with Gasteiger partial charge in [-0.05, 0) is 37.1 Å². The van der Waals surface area contributed by atoms with Crippen molar-refractivity contribution in [3.8, 4) is 28.6 Å². The van der Waals surface area contributed by atoms with E-state index in [1.54, 1.807) is 11.8 Å². The van der Waals surface area contributed by atoms with Gasteiger partial charge in [-0.2, -0.15) is 5.10 Å². The standard InChI is InChI=1S/C30H31N3O4/c1-32-30(37-25-16-9-15-24(19-25)35-2)27(28(31-32)22-11-5-3-6-12-22)21-33(20-26-17-10-18-36-26)29(34)23-13-7-4-8-14-23/h3-9,11-16,19,26H,10,17-18,20-21H2,1-2H3/t26-/m0/s1. The van der Waals surface area contributed by atoms with Crippen molar-refractivity contribution in [2.24, 2.45) is 7.05 Å². The van der Waals surface area contributed by atoms with Crippen LogP contribution in [-0.2, 0) is 18.3 Å². The molecule has 1 saturated heterocycles. The number of benzene rings is 3. The molecule has 3 aromatic carbocycles. The fourth-order valence-corrected chi connectivity index (χ4v) is 4.63. The van der Waals surface area contributed by atoms with E-state index in [2.05, 4.69) is 0 Å². The van der Waals surface area contributed by atoms with Crippen molar-refractivity contribution in [2.45, 2.75) is 25.5 Å². The van der Waals surface area contributed by atoms with Gasteiger partial charge in [0.15, 0.2) is 0 Å². The van der Waals surface area contributed by atoms with Crippen LogP contribution < -0.4 is 9.47 Å². The van der Waals surface area contributed by atoms with Crippen molar-refractivity contribution < 1.29 is 19.0 Å². The molecule has 5 rings (SSSR count). The highest BCUT2D eigenvalue weighted by atomic mass is 16.5. The van der Waals surface area contributed by atoms with Gasteiger partial charge in [0.05, 0.1) is 25.3 Å². The molecular weight excluding hydrogens is 466 g/mol. The largest absolute Gasteiger partial charge is 0.497 e. The first-order chi connectivity index (χ1) is 18.1. The maximum atomic E-state index is 13.7. The number of carbonyl (C=O) groups is 1. The Balaban J connectivity index is 1.56. The van der Waals surface area contributed by atoms with Crippen LogP contribution in [0.5, 0.6) is 17.4 Å². The second-order valence-electron chi connectivity index (χ2n) is 9.09. The maximum absolute atomic E-state index is 13.7. The molecule has 0 radical (unpaired) electrons. The minimum absolute atomic E-state index is 0.00672. The molecule has 1 aliphatic rings. The summed E-state index contributed by atoms with van der Waals surface area (Å²) in [5.74, 6) is 1.85. The van der Waals surface area contributed by atoms with Crippen LogP contribution in [0.2, 0.25) is 0 Å². The Labute approximate surface area is 217 Å².